The van der Waals surface area contributed by atoms with Crippen molar-refractivity contribution < 1.29 is 9.53 Å². The van der Waals surface area contributed by atoms with Crippen LogP contribution in [0.4, 0.5) is 0 Å². The molecule has 4 nitrogen and oxygen atoms in total. The molecule has 94 valence electrons. The fourth-order valence-corrected chi connectivity index (χ4v) is 2.22. The molecule has 2 N–H and O–H groups in total. The first-order chi connectivity index (χ1) is 7.56. The molecule has 1 amide bonds. The largest absolute Gasteiger partial charge is 0.369 e. The normalized spacial score (nSPS) is 25.2. The smallest absolute Gasteiger partial charge is 0.251 e. The first-order valence-electron chi connectivity index (χ1n) is 6.22. The van der Waals surface area contributed by atoms with Crippen molar-refractivity contribution in [3.63, 3.8) is 0 Å². The highest BCUT2D eigenvalue weighted by Gasteiger charge is 2.28. The van der Waals surface area contributed by atoms with Crippen LogP contribution in [-0.4, -0.2) is 42.6 Å². The van der Waals surface area contributed by atoms with Gasteiger partial charge in [0, 0.05) is 25.7 Å². The first kappa shape index (κ1) is 13.5. The summed E-state index contributed by atoms with van der Waals surface area (Å²) >= 11 is 0. The Hall–Kier alpha value is -0.610. The molecule has 1 heterocycles. The standard InChI is InChI=1S/C12H24N2O2/c1-4-16-10(3)12(15)14-7-5-6-11(8-14)9(2)13/h9-11H,4-8,13H2,1-3H3. The molecule has 1 fully saturated rings. The van der Waals surface area contributed by atoms with Crippen molar-refractivity contribution in [2.75, 3.05) is 19.7 Å². The van der Waals surface area contributed by atoms with Crippen molar-refractivity contribution in [1.29, 1.82) is 0 Å². The molecule has 0 aliphatic carbocycles. The number of piperidine rings is 1. The Morgan fingerprint density at radius 3 is 2.81 bits per heavy atom. The molecule has 0 aromatic rings. The van der Waals surface area contributed by atoms with Gasteiger partial charge in [0.1, 0.15) is 6.10 Å². The van der Waals surface area contributed by atoms with Gasteiger partial charge in [0.2, 0.25) is 0 Å². The highest BCUT2D eigenvalue weighted by molar-refractivity contribution is 5.80. The van der Waals surface area contributed by atoms with E-state index in [1.807, 2.05) is 25.7 Å². The van der Waals surface area contributed by atoms with E-state index in [1.54, 1.807) is 0 Å². The zero-order valence-electron chi connectivity index (χ0n) is 10.6. The summed E-state index contributed by atoms with van der Waals surface area (Å²) in [4.78, 5) is 13.9. The van der Waals surface area contributed by atoms with Gasteiger partial charge in [-0.2, -0.15) is 0 Å². The van der Waals surface area contributed by atoms with E-state index in [9.17, 15) is 4.79 Å². The molecule has 16 heavy (non-hydrogen) atoms. The zero-order chi connectivity index (χ0) is 12.1. The van der Waals surface area contributed by atoms with Crippen LogP contribution in [0.3, 0.4) is 0 Å². The van der Waals surface area contributed by atoms with E-state index in [-0.39, 0.29) is 18.1 Å². The summed E-state index contributed by atoms with van der Waals surface area (Å²) in [6.07, 6.45) is 1.86. The van der Waals surface area contributed by atoms with Crippen molar-refractivity contribution in [1.82, 2.24) is 4.90 Å². The summed E-state index contributed by atoms with van der Waals surface area (Å²) in [7, 11) is 0. The Morgan fingerprint density at radius 2 is 2.25 bits per heavy atom. The number of nitrogens with two attached hydrogens (primary N) is 1. The molecular weight excluding hydrogens is 204 g/mol. The number of hydrogen-bond acceptors (Lipinski definition) is 3. The van der Waals surface area contributed by atoms with E-state index in [1.165, 1.54) is 0 Å². The number of nitrogens with zero attached hydrogens (tertiary/aromatic N) is 1. The third kappa shape index (κ3) is 3.46. The van der Waals surface area contributed by atoms with Crippen LogP contribution in [0.2, 0.25) is 0 Å². The maximum Gasteiger partial charge on any atom is 0.251 e. The van der Waals surface area contributed by atoms with Crippen LogP contribution in [0.25, 0.3) is 0 Å². The number of ether oxygens (including phenoxy) is 1. The minimum atomic E-state index is -0.322. The zero-order valence-corrected chi connectivity index (χ0v) is 10.6. The predicted molar refractivity (Wildman–Crippen MR) is 64.0 cm³/mol. The summed E-state index contributed by atoms with van der Waals surface area (Å²) < 4.78 is 5.33. The molecule has 1 aliphatic rings. The minimum absolute atomic E-state index is 0.104. The van der Waals surface area contributed by atoms with Gasteiger partial charge in [-0.15, -0.1) is 0 Å². The molecule has 0 bridgehead atoms. The molecule has 1 rings (SSSR count). The highest BCUT2D eigenvalue weighted by atomic mass is 16.5. The lowest BCUT2D eigenvalue weighted by atomic mass is 9.92. The number of rotatable bonds is 4. The third-order valence-corrected chi connectivity index (χ3v) is 3.28. The third-order valence-electron chi connectivity index (χ3n) is 3.28. The summed E-state index contributed by atoms with van der Waals surface area (Å²) in [5, 5.41) is 0. The molecule has 1 aliphatic heterocycles. The Bertz CT molecular complexity index is 231. The fraction of sp³-hybridized carbons (Fsp3) is 0.917. The van der Waals surface area contributed by atoms with Gasteiger partial charge in [0.15, 0.2) is 0 Å². The SMILES string of the molecule is CCOC(C)C(=O)N1CCCC(C(C)N)C1. The molecule has 4 heteroatoms. The van der Waals surface area contributed by atoms with Crippen LogP contribution < -0.4 is 5.73 Å². The van der Waals surface area contributed by atoms with Crippen LogP contribution in [-0.2, 0) is 9.53 Å². The monoisotopic (exact) mass is 228 g/mol. The molecular formula is C12H24N2O2. The molecule has 0 aromatic heterocycles. The topological polar surface area (TPSA) is 55.6 Å². The predicted octanol–water partition coefficient (Wildman–Crippen LogP) is 0.997. The number of hydrogen-bond donors (Lipinski definition) is 1. The van der Waals surface area contributed by atoms with Crippen LogP contribution in [0, 0.1) is 5.92 Å². The van der Waals surface area contributed by atoms with Crippen LogP contribution in [0.5, 0.6) is 0 Å². The number of carbonyl (C=O) groups is 1. The van der Waals surface area contributed by atoms with Crippen LogP contribution in [0.1, 0.15) is 33.6 Å². The van der Waals surface area contributed by atoms with Gasteiger partial charge in [-0.3, -0.25) is 4.79 Å². The Morgan fingerprint density at radius 1 is 1.56 bits per heavy atom. The minimum Gasteiger partial charge on any atom is -0.369 e. The Kier molecular flexibility index (Phi) is 5.22. The van der Waals surface area contributed by atoms with Crippen molar-refractivity contribution in [2.45, 2.75) is 45.8 Å². The average Bonchev–Trinajstić information content (AvgIpc) is 2.28. The number of likely N-dealkylation sites (tertiary alicyclic amines) is 1. The van der Waals surface area contributed by atoms with Gasteiger partial charge in [0.25, 0.3) is 5.91 Å². The van der Waals surface area contributed by atoms with E-state index in [4.69, 9.17) is 10.5 Å². The Balaban J connectivity index is 2.49. The van der Waals surface area contributed by atoms with Crippen molar-refractivity contribution >= 4 is 5.91 Å². The van der Waals surface area contributed by atoms with Gasteiger partial charge >= 0.3 is 0 Å². The van der Waals surface area contributed by atoms with Crippen molar-refractivity contribution in [3.05, 3.63) is 0 Å². The number of amides is 1. The van der Waals surface area contributed by atoms with Gasteiger partial charge in [-0.25, -0.2) is 0 Å². The maximum atomic E-state index is 12.0. The maximum absolute atomic E-state index is 12.0. The summed E-state index contributed by atoms with van der Waals surface area (Å²) in [5.41, 5.74) is 5.90. The number of carbonyl (C=O) groups excluding carboxylic acids is 1. The lowest BCUT2D eigenvalue weighted by molar-refractivity contribution is -0.144. The van der Waals surface area contributed by atoms with Gasteiger partial charge < -0.3 is 15.4 Å². The molecule has 0 aromatic carbocycles. The second-order valence-electron chi connectivity index (χ2n) is 4.64. The highest BCUT2D eigenvalue weighted by Crippen LogP contribution is 2.19. The first-order valence-corrected chi connectivity index (χ1v) is 6.22. The quantitative estimate of drug-likeness (QED) is 0.781. The van der Waals surface area contributed by atoms with Crippen LogP contribution >= 0.6 is 0 Å². The molecule has 3 unspecified atom stereocenters. The summed E-state index contributed by atoms with van der Waals surface area (Å²) in [6.45, 7) is 7.96. The van der Waals surface area contributed by atoms with E-state index in [0.29, 0.717) is 12.5 Å². The van der Waals surface area contributed by atoms with Gasteiger partial charge in [0.05, 0.1) is 0 Å². The molecule has 1 saturated heterocycles. The van der Waals surface area contributed by atoms with E-state index in [2.05, 4.69) is 0 Å². The Labute approximate surface area is 98.1 Å². The summed E-state index contributed by atoms with van der Waals surface area (Å²) in [6, 6.07) is 0.165. The average molecular weight is 228 g/mol. The fourth-order valence-electron chi connectivity index (χ4n) is 2.22. The second kappa shape index (κ2) is 6.21. The molecule has 3 atom stereocenters. The summed E-state index contributed by atoms with van der Waals surface area (Å²) in [5.74, 6) is 0.540. The van der Waals surface area contributed by atoms with E-state index >= 15 is 0 Å². The van der Waals surface area contributed by atoms with Gasteiger partial charge in [-0.05, 0) is 39.5 Å². The second-order valence-corrected chi connectivity index (χ2v) is 4.64. The van der Waals surface area contributed by atoms with E-state index < -0.39 is 0 Å². The lowest BCUT2D eigenvalue weighted by Gasteiger charge is -2.35. The molecule has 0 radical (unpaired) electrons. The van der Waals surface area contributed by atoms with Gasteiger partial charge in [-0.1, -0.05) is 0 Å². The van der Waals surface area contributed by atoms with E-state index in [0.717, 1.165) is 25.9 Å². The molecule has 0 spiro atoms. The lowest BCUT2D eigenvalue weighted by Crippen LogP contribution is -2.48. The molecule has 0 saturated carbocycles. The van der Waals surface area contributed by atoms with Crippen LogP contribution in [0.15, 0.2) is 0 Å². The van der Waals surface area contributed by atoms with Crippen molar-refractivity contribution in [2.24, 2.45) is 11.7 Å². The van der Waals surface area contributed by atoms with Crippen molar-refractivity contribution in [3.8, 4) is 0 Å².